The van der Waals surface area contributed by atoms with Gasteiger partial charge < -0.3 is 14.7 Å². The third kappa shape index (κ3) is 6.64. The number of nitrogens with zero attached hydrogens (tertiary/aromatic N) is 4. The molecule has 2 aromatic heterocycles. The van der Waals surface area contributed by atoms with Crippen LogP contribution < -0.4 is 0 Å². The van der Waals surface area contributed by atoms with Crippen LogP contribution in [-0.4, -0.2) is 72.7 Å². The molecule has 1 spiro atoms. The van der Waals surface area contributed by atoms with E-state index >= 15 is 0 Å². The van der Waals surface area contributed by atoms with Gasteiger partial charge in [0, 0.05) is 30.7 Å². The molecule has 1 amide bonds. The molecule has 4 rings (SSSR count). The smallest absolute Gasteiger partial charge is 0.475 e. The predicted octanol–water partition coefficient (Wildman–Crippen LogP) is 3.04. The number of likely N-dealkylation sites (tertiary alicyclic amines) is 1. The van der Waals surface area contributed by atoms with Crippen LogP contribution in [-0.2, 0) is 16.1 Å². The SMILES string of the molecule is Cc1cnc(C(=O)N2CC3(CC(OCc4cccc(C)n4)CS3)C2)cn1.O=C(O)C(F)(F)F. The van der Waals surface area contributed by atoms with E-state index in [2.05, 4.69) is 15.0 Å². The van der Waals surface area contributed by atoms with Crippen LogP contribution in [0.4, 0.5) is 13.2 Å². The molecule has 0 radical (unpaired) electrons. The molecule has 1 unspecified atom stereocenters. The quantitative estimate of drug-likeness (QED) is 0.706. The highest BCUT2D eigenvalue weighted by molar-refractivity contribution is 8.01. The Morgan fingerprint density at radius 1 is 1.21 bits per heavy atom. The Labute approximate surface area is 192 Å². The van der Waals surface area contributed by atoms with Crippen molar-refractivity contribution in [3.05, 3.63) is 53.4 Å². The van der Waals surface area contributed by atoms with Gasteiger partial charge in [-0.25, -0.2) is 9.78 Å². The number of ether oxygens (including phenoxy) is 1. The van der Waals surface area contributed by atoms with Crippen molar-refractivity contribution in [2.24, 2.45) is 0 Å². The summed E-state index contributed by atoms with van der Waals surface area (Å²) < 4.78 is 37.9. The molecule has 0 saturated carbocycles. The largest absolute Gasteiger partial charge is 0.490 e. The van der Waals surface area contributed by atoms with Gasteiger partial charge in [0.1, 0.15) is 5.69 Å². The van der Waals surface area contributed by atoms with Crippen molar-refractivity contribution < 1.29 is 32.6 Å². The van der Waals surface area contributed by atoms with Gasteiger partial charge in [-0.3, -0.25) is 14.8 Å². The molecule has 12 heteroatoms. The normalized spacial score (nSPS) is 18.9. The van der Waals surface area contributed by atoms with Crippen LogP contribution in [0.25, 0.3) is 0 Å². The number of hydrogen-bond acceptors (Lipinski definition) is 7. The van der Waals surface area contributed by atoms with E-state index in [4.69, 9.17) is 14.6 Å². The van der Waals surface area contributed by atoms with E-state index in [1.54, 1.807) is 12.4 Å². The van der Waals surface area contributed by atoms with Gasteiger partial charge in [0.15, 0.2) is 0 Å². The first kappa shape index (κ1) is 24.9. The zero-order chi connectivity index (χ0) is 24.2. The van der Waals surface area contributed by atoms with Gasteiger partial charge in [0.2, 0.25) is 0 Å². The number of aromatic nitrogens is 3. The van der Waals surface area contributed by atoms with Crippen LogP contribution in [0.5, 0.6) is 0 Å². The van der Waals surface area contributed by atoms with Crippen molar-refractivity contribution in [3.63, 3.8) is 0 Å². The molecular formula is C21H23F3N4O4S. The van der Waals surface area contributed by atoms with Gasteiger partial charge in [-0.15, -0.1) is 11.8 Å². The van der Waals surface area contributed by atoms with Crippen LogP contribution in [0.15, 0.2) is 30.6 Å². The van der Waals surface area contributed by atoms with Crippen molar-refractivity contribution in [1.29, 1.82) is 0 Å². The van der Waals surface area contributed by atoms with Crippen molar-refractivity contribution in [3.8, 4) is 0 Å². The number of alkyl halides is 3. The van der Waals surface area contributed by atoms with Gasteiger partial charge >= 0.3 is 12.1 Å². The first-order valence-corrected chi connectivity index (χ1v) is 11.0. The van der Waals surface area contributed by atoms with Crippen LogP contribution in [0.2, 0.25) is 0 Å². The van der Waals surface area contributed by atoms with E-state index in [9.17, 15) is 18.0 Å². The fraction of sp³-hybridized carbons (Fsp3) is 0.476. The lowest BCUT2D eigenvalue weighted by molar-refractivity contribution is -0.192. The summed E-state index contributed by atoms with van der Waals surface area (Å²) in [5, 5.41) is 7.12. The Kier molecular flexibility index (Phi) is 7.58. The van der Waals surface area contributed by atoms with E-state index in [1.165, 1.54) is 0 Å². The average Bonchev–Trinajstić information content (AvgIpc) is 3.16. The number of thioether (sulfide) groups is 1. The molecule has 0 bridgehead atoms. The van der Waals surface area contributed by atoms with Crippen molar-refractivity contribution in [2.75, 3.05) is 18.8 Å². The van der Waals surface area contributed by atoms with Crippen molar-refractivity contribution in [1.82, 2.24) is 19.9 Å². The number of carbonyl (C=O) groups is 2. The Morgan fingerprint density at radius 2 is 1.91 bits per heavy atom. The predicted molar refractivity (Wildman–Crippen MR) is 114 cm³/mol. The second kappa shape index (κ2) is 10.0. The minimum Gasteiger partial charge on any atom is -0.475 e. The summed E-state index contributed by atoms with van der Waals surface area (Å²) >= 11 is 1.92. The number of hydrogen-bond donors (Lipinski definition) is 1. The number of aliphatic carboxylic acids is 1. The Morgan fingerprint density at radius 3 is 2.48 bits per heavy atom. The fourth-order valence-corrected chi connectivity index (χ4v) is 5.02. The topological polar surface area (TPSA) is 106 Å². The molecule has 1 N–H and O–H groups in total. The van der Waals surface area contributed by atoms with Crippen LogP contribution in [0.1, 0.15) is 34.0 Å². The lowest BCUT2D eigenvalue weighted by Gasteiger charge is -2.47. The van der Waals surface area contributed by atoms with Gasteiger partial charge in [0.25, 0.3) is 5.91 Å². The van der Waals surface area contributed by atoms with Crippen molar-refractivity contribution in [2.45, 2.75) is 43.9 Å². The number of halogens is 3. The molecule has 2 aromatic rings. The Hall–Kier alpha value is -2.73. The Bertz CT molecular complexity index is 998. The zero-order valence-electron chi connectivity index (χ0n) is 18.0. The number of carbonyl (C=O) groups excluding carboxylic acids is 1. The fourth-order valence-electron chi connectivity index (χ4n) is 3.47. The first-order chi connectivity index (χ1) is 15.5. The highest BCUT2D eigenvalue weighted by atomic mass is 32.2. The molecular weight excluding hydrogens is 461 g/mol. The van der Waals surface area contributed by atoms with Gasteiger partial charge in [-0.1, -0.05) is 6.07 Å². The second-order valence-electron chi connectivity index (χ2n) is 7.91. The maximum Gasteiger partial charge on any atom is 0.490 e. The summed E-state index contributed by atoms with van der Waals surface area (Å²) in [6.45, 7) is 5.91. The molecule has 2 fully saturated rings. The molecule has 178 valence electrons. The summed E-state index contributed by atoms with van der Waals surface area (Å²) in [4.78, 5) is 36.1. The molecule has 0 aromatic carbocycles. The van der Waals surface area contributed by atoms with E-state index in [0.29, 0.717) is 12.3 Å². The maximum atomic E-state index is 12.5. The van der Waals surface area contributed by atoms with Gasteiger partial charge in [0.05, 0.1) is 35.0 Å². The molecule has 2 aliphatic heterocycles. The second-order valence-corrected chi connectivity index (χ2v) is 9.40. The number of carboxylic acid groups (broad SMARTS) is 1. The monoisotopic (exact) mass is 484 g/mol. The van der Waals surface area contributed by atoms with Crippen LogP contribution >= 0.6 is 11.8 Å². The molecule has 8 nitrogen and oxygen atoms in total. The minimum atomic E-state index is -5.08. The number of rotatable bonds is 4. The molecule has 1 atom stereocenters. The number of amides is 1. The third-order valence-corrected chi connectivity index (χ3v) is 6.65. The standard InChI is InChI=1S/C19H22N4O2S.C2HF3O2/c1-13-4-3-5-15(22-13)9-25-16-6-19(26-10-16)11-23(12-19)18(24)17-8-20-14(2)7-21-17;3-2(4,5)1(6)7/h3-5,7-8,16H,6,9-12H2,1-2H3;(H,6,7). The number of aryl methyl sites for hydroxylation is 2. The maximum absolute atomic E-state index is 12.5. The summed E-state index contributed by atoms with van der Waals surface area (Å²) in [5.41, 5.74) is 3.22. The highest BCUT2D eigenvalue weighted by Crippen LogP contribution is 2.46. The summed E-state index contributed by atoms with van der Waals surface area (Å²) in [5.74, 6) is -1.82. The molecule has 4 heterocycles. The molecule has 33 heavy (non-hydrogen) atoms. The summed E-state index contributed by atoms with van der Waals surface area (Å²) in [6.07, 6.45) is -0.687. The van der Waals surface area contributed by atoms with Crippen LogP contribution in [0.3, 0.4) is 0 Å². The van der Waals surface area contributed by atoms with Crippen molar-refractivity contribution >= 4 is 23.6 Å². The lowest BCUT2D eigenvalue weighted by atomic mass is 9.92. The van der Waals surface area contributed by atoms with E-state index in [0.717, 1.165) is 42.3 Å². The third-order valence-electron chi connectivity index (χ3n) is 5.08. The molecule has 2 aliphatic rings. The summed E-state index contributed by atoms with van der Waals surface area (Å²) in [7, 11) is 0. The van der Waals surface area contributed by atoms with Crippen LogP contribution in [0, 0.1) is 13.8 Å². The zero-order valence-corrected chi connectivity index (χ0v) is 18.8. The van der Waals surface area contributed by atoms with E-state index < -0.39 is 12.1 Å². The Balaban J connectivity index is 0.000000383. The van der Waals surface area contributed by atoms with Gasteiger partial charge in [-0.05, 0) is 32.4 Å². The first-order valence-electron chi connectivity index (χ1n) is 10.0. The summed E-state index contributed by atoms with van der Waals surface area (Å²) in [6, 6.07) is 5.99. The molecule has 2 saturated heterocycles. The number of carboxylic acids is 1. The van der Waals surface area contributed by atoms with E-state index in [1.807, 2.05) is 48.7 Å². The number of pyridine rings is 1. The minimum absolute atomic E-state index is 0.0305. The average molecular weight is 485 g/mol. The van der Waals surface area contributed by atoms with Gasteiger partial charge in [-0.2, -0.15) is 13.2 Å². The lowest BCUT2D eigenvalue weighted by Crippen LogP contribution is -2.60. The molecule has 0 aliphatic carbocycles. The highest BCUT2D eigenvalue weighted by Gasteiger charge is 2.51. The van der Waals surface area contributed by atoms with E-state index in [-0.39, 0.29) is 16.8 Å².